The molecule has 25 heavy (non-hydrogen) atoms. The summed E-state index contributed by atoms with van der Waals surface area (Å²) in [6.45, 7) is 0. The van der Waals surface area contributed by atoms with Crippen LogP contribution in [0.4, 0.5) is 39.5 Å². The fraction of sp³-hybridized carbons (Fsp3) is 0.500. The second kappa shape index (κ2) is 7.46. The largest absolute Gasteiger partial charge is 0.460 e. The van der Waals surface area contributed by atoms with Crippen LogP contribution in [0.3, 0.4) is 0 Å². The summed E-state index contributed by atoms with van der Waals surface area (Å²) < 4.78 is 114. The molecule has 0 saturated heterocycles. The fourth-order valence-corrected chi connectivity index (χ4v) is 2.46. The summed E-state index contributed by atoms with van der Waals surface area (Å²) in [6.07, 6.45) is -9.61. The zero-order chi connectivity index (χ0) is 19.5. The number of hydrogen-bond donors (Lipinski definition) is 0. The number of hydrogen-bond acceptors (Lipinski definition) is 2. The molecule has 0 atom stereocenters. The molecule has 0 fully saturated rings. The van der Waals surface area contributed by atoms with E-state index in [1.54, 1.807) is 6.07 Å². The maximum Gasteiger partial charge on any atom is 0.460 e. The number of carbonyl (C=O) groups is 1. The van der Waals surface area contributed by atoms with Crippen LogP contribution in [-0.2, 0) is 0 Å². The van der Waals surface area contributed by atoms with Crippen LogP contribution < -0.4 is 0 Å². The lowest BCUT2D eigenvalue weighted by Gasteiger charge is -2.33. The van der Waals surface area contributed by atoms with Gasteiger partial charge in [0.25, 0.3) is 0 Å². The number of thioether (sulfide) groups is 1. The topological polar surface area (TPSA) is 17.1 Å². The Morgan fingerprint density at radius 2 is 1.36 bits per heavy atom. The van der Waals surface area contributed by atoms with E-state index in [0.717, 1.165) is 0 Å². The number of rotatable bonds is 7. The molecule has 1 rings (SSSR count). The summed E-state index contributed by atoms with van der Waals surface area (Å²) in [5, 5.41) is -0.573. The average Bonchev–Trinajstić information content (AvgIpc) is 2.50. The van der Waals surface area contributed by atoms with Crippen molar-refractivity contribution in [2.45, 2.75) is 36.8 Å². The van der Waals surface area contributed by atoms with Crippen LogP contribution in [0.15, 0.2) is 30.3 Å². The zero-order valence-corrected chi connectivity index (χ0v) is 13.0. The molecule has 0 aliphatic rings. The quantitative estimate of drug-likeness (QED) is 0.426. The summed E-state index contributed by atoms with van der Waals surface area (Å²) in [5.74, 6) is -19.5. The van der Waals surface area contributed by atoms with Crippen LogP contribution in [0.2, 0.25) is 0 Å². The van der Waals surface area contributed by atoms with Gasteiger partial charge in [-0.25, -0.2) is 0 Å². The predicted octanol–water partition coefficient (Wildman–Crippen LogP) is 5.81. The van der Waals surface area contributed by atoms with Crippen LogP contribution in [0.1, 0.15) is 23.2 Å². The Bertz CT molecular complexity index is 584. The molecular weight excluding hydrogens is 387 g/mol. The molecule has 0 heterocycles. The highest BCUT2D eigenvalue weighted by molar-refractivity contribution is 8.14. The monoisotopic (exact) mass is 398 g/mol. The van der Waals surface area contributed by atoms with Crippen molar-refractivity contribution in [1.29, 1.82) is 0 Å². The van der Waals surface area contributed by atoms with Crippen LogP contribution in [0, 0.1) is 0 Å². The van der Waals surface area contributed by atoms with Gasteiger partial charge in [0.1, 0.15) is 0 Å². The molecule has 1 nitrogen and oxygen atoms in total. The number of benzene rings is 1. The van der Waals surface area contributed by atoms with Crippen LogP contribution in [-0.4, -0.2) is 34.8 Å². The van der Waals surface area contributed by atoms with E-state index in [4.69, 9.17) is 0 Å². The van der Waals surface area contributed by atoms with Crippen molar-refractivity contribution < 1.29 is 44.3 Å². The summed E-state index contributed by atoms with van der Waals surface area (Å²) >= 11 is 0.467. The minimum Gasteiger partial charge on any atom is -0.282 e. The molecule has 0 aromatic heterocycles. The Kier molecular flexibility index (Phi) is 6.47. The van der Waals surface area contributed by atoms with Crippen molar-refractivity contribution in [3.05, 3.63) is 35.9 Å². The molecule has 0 saturated carbocycles. The van der Waals surface area contributed by atoms with Gasteiger partial charge < -0.3 is 0 Å². The van der Waals surface area contributed by atoms with Gasteiger partial charge in [-0.2, -0.15) is 39.5 Å². The van der Waals surface area contributed by atoms with E-state index < -0.39 is 47.7 Å². The molecule has 0 amide bonds. The van der Waals surface area contributed by atoms with Crippen molar-refractivity contribution in [2.75, 3.05) is 5.75 Å². The smallest absolute Gasteiger partial charge is 0.282 e. The number of carbonyl (C=O) groups excluding carboxylic acids is 1. The summed E-state index contributed by atoms with van der Waals surface area (Å²) in [7, 11) is 0. The molecule has 0 spiro atoms. The SMILES string of the molecule is O=C(SCCCC(F)(F)C(F)(F)C(F)(F)C(F)(F)F)c1ccccc1. The first-order valence-corrected chi connectivity index (χ1v) is 7.65. The van der Waals surface area contributed by atoms with E-state index in [1.165, 1.54) is 24.3 Å². The maximum absolute atomic E-state index is 13.3. The van der Waals surface area contributed by atoms with Crippen LogP contribution >= 0.6 is 11.8 Å². The van der Waals surface area contributed by atoms with Gasteiger partial charge in [0.05, 0.1) is 0 Å². The van der Waals surface area contributed by atoms with Crippen LogP contribution in [0.25, 0.3) is 0 Å². The fourth-order valence-electron chi connectivity index (χ4n) is 1.68. The standard InChI is InChI=1S/C14H11F9OS/c15-11(16,12(17,18)13(19,20)14(21,22)23)7-4-8-25-10(24)9-5-2-1-3-6-9/h1-3,5-6H,4,7-8H2. The van der Waals surface area contributed by atoms with Gasteiger partial charge in [-0.05, 0) is 6.42 Å². The molecular formula is C14H11F9OS. The Morgan fingerprint density at radius 3 is 1.84 bits per heavy atom. The van der Waals surface area contributed by atoms with Gasteiger partial charge in [-0.3, -0.25) is 4.79 Å². The molecule has 142 valence electrons. The van der Waals surface area contributed by atoms with Crippen LogP contribution in [0.5, 0.6) is 0 Å². The average molecular weight is 398 g/mol. The molecule has 0 unspecified atom stereocenters. The molecule has 1 aromatic rings. The lowest BCUT2D eigenvalue weighted by molar-refractivity contribution is -0.396. The van der Waals surface area contributed by atoms with Gasteiger partial charge in [0, 0.05) is 17.7 Å². The summed E-state index contributed by atoms with van der Waals surface area (Å²) in [4.78, 5) is 11.6. The molecule has 1 aromatic carbocycles. The number of alkyl halides is 9. The number of halogens is 9. The van der Waals surface area contributed by atoms with E-state index in [-0.39, 0.29) is 5.56 Å². The Hall–Kier alpha value is -1.39. The highest BCUT2D eigenvalue weighted by atomic mass is 32.2. The van der Waals surface area contributed by atoms with Gasteiger partial charge in [0.2, 0.25) is 5.12 Å². The molecule has 0 radical (unpaired) electrons. The zero-order valence-electron chi connectivity index (χ0n) is 12.2. The first-order valence-electron chi connectivity index (χ1n) is 6.66. The van der Waals surface area contributed by atoms with Crippen molar-refractivity contribution in [3.8, 4) is 0 Å². The molecule has 0 aliphatic carbocycles. The lowest BCUT2D eigenvalue weighted by Crippen LogP contribution is -2.60. The molecule has 0 N–H and O–H groups in total. The first kappa shape index (κ1) is 21.7. The first-order chi connectivity index (χ1) is 11.2. The van der Waals surface area contributed by atoms with Crippen molar-refractivity contribution >= 4 is 16.9 Å². The van der Waals surface area contributed by atoms with Gasteiger partial charge in [0.15, 0.2) is 0 Å². The summed E-state index contributed by atoms with van der Waals surface area (Å²) in [6, 6.07) is 7.44. The Balaban J connectivity index is 2.65. The van der Waals surface area contributed by atoms with E-state index in [2.05, 4.69) is 0 Å². The Labute approximate surface area is 140 Å². The van der Waals surface area contributed by atoms with E-state index in [1.807, 2.05) is 0 Å². The molecule has 0 bridgehead atoms. The van der Waals surface area contributed by atoms with Crippen molar-refractivity contribution in [2.24, 2.45) is 0 Å². The minimum atomic E-state index is -6.88. The third-order valence-corrected chi connectivity index (χ3v) is 4.08. The second-order valence-corrected chi connectivity index (χ2v) is 6.02. The van der Waals surface area contributed by atoms with Crippen molar-refractivity contribution in [3.63, 3.8) is 0 Å². The third-order valence-electron chi connectivity index (χ3n) is 3.09. The normalized spacial score (nSPS) is 13.8. The predicted molar refractivity (Wildman–Crippen MR) is 73.4 cm³/mol. The summed E-state index contributed by atoms with van der Waals surface area (Å²) in [5.41, 5.74) is 0.202. The van der Waals surface area contributed by atoms with Crippen molar-refractivity contribution in [1.82, 2.24) is 0 Å². The minimum absolute atomic E-state index is 0.202. The highest BCUT2D eigenvalue weighted by Gasteiger charge is 2.81. The second-order valence-electron chi connectivity index (χ2n) is 4.96. The van der Waals surface area contributed by atoms with E-state index >= 15 is 0 Å². The van der Waals surface area contributed by atoms with Gasteiger partial charge in [-0.15, -0.1) is 0 Å². The van der Waals surface area contributed by atoms with Gasteiger partial charge >= 0.3 is 23.9 Å². The third kappa shape index (κ3) is 4.62. The maximum atomic E-state index is 13.3. The van der Waals surface area contributed by atoms with Gasteiger partial charge in [-0.1, -0.05) is 42.1 Å². The molecule has 11 heteroatoms. The van der Waals surface area contributed by atoms with E-state index in [9.17, 15) is 44.3 Å². The van der Waals surface area contributed by atoms with E-state index in [0.29, 0.717) is 11.8 Å². The molecule has 0 aliphatic heterocycles. The Morgan fingerprint density at radius 1 is 0.840 bits per heavy atom. The highest BCUT2D eigenvalue weighted by Crippen LogP contribution is 2.54. The lowest BCUT2D eigenvalue weighted by atomic mass is 10.00.